The van der Waals surface area contributed by atoms with E-state index < -0.39 is 17.7 Å². The first-order valence-electron chi connectivity index (χ1n) is 9.35. The fourth-order valence-electron chi connectivity index (χ4n) is 2.54. The molecule has 1 N–H and O–H groups in total. The number of nitrogens with zero attached hydrogens (tertiary/aromatic N) is 2. The summed E-state index contributed by atoms with van der Waals surface area (Å²) in [4.78, 5) is 23.8. The van der Waals surface area contributed by atoms with Crippen molar-refractivity contribution in [1.29, 1.82) is 0 Å². The maximum Gasteiger partial charge on any atom is 0.407 e. The van der Waals surface area contributed by atoms with E-state index in [9.17, 15) is 9.59 Å². The fraction of sp³-hybridized carbons (Fsp3) is 0.500. The van der Waals surface area contributed by atoms with Crippen molar-refractivity contribution >= 4 is 23.7 Å². The van der Waals surface area contributed by atoms with Gasteiger partial charge in [0.15, 0.2) is 0 Å². The van der Waals surface area contributed by atoms with Gasteiger partial charge >= 0.3 is 12.1 Å². The van der Waals surface area contributed by atoms with Gasteiger partial charge in [-0.05, 0) is 51.8 Å². The summed E-state index contributed by atoms with van der Waals surface area (Å²) in [5, 5.41) is 11.3. The number of hydrogen-bond donors (Lipinski definition) is 1. The monoisotopic (exact) mass is 423 g/mol. The van der Waals surface area contributed by atoms with Gasteiger partial charge in [0, 0.05) is 17.5 Å². The molecule has 158 valence electrons. The van der Waals surface area contributed by atoms with Crippen LogP contribution in [0, 0.1) is 0 Å². The maximum absolute atomic E-state index is 12.2. The fourth-order valence-corrected chi connectivity index (χ4v) is 2.67. The summed E-state index contributed by atoms with van der Waals surface area (Å²) in [5.74, 6) is 0.0348. The summed E-state index contributed by atoms with van der Waals surface area (Å²) < 4.78 is 15.8. The third kappa shape index (κ3) is 8.51. The number of amides is 1. The Bertz CT molecular complexity index is 814. The summed E-state index contributed by atoms with van der Waals surface area (Å²) in [6.07, 6.45) is 0.147. The van der Waals surface area contributed by atoms with Gasteiger partial charge in [-0.3, -0.25) is 4.79 Å². The minimum Gasteiger partial charge on any atom is -0.466 e. The lowest BCUT2D eigenvalue weighted by Crippen LogP contribution is -2.41. The van der Waals surface area contributed by atoms with Gasteiger partial charge in [-0.1, -0.05) is 23.7 Å². The van der Waals surface area contributed by atoms with Gasteiger partial charge < -0.3 is 19.2 Å². The zero-order valence-electron chi connectivity index (χ0n) is 17.0. The molecular weight excluding hydrogens is 398 g/mol. The standard InChI is InChI=1S/C20H26ClN3O5/c1-5-27-18(25)12-17-24-23-16(28-17)11-15(22-19(26)29-20(2,3)4)10-13-6-8-14(21)9-7-13/h6-9,15H,5,10-12H2,1-4H3,(H,22,26)/t15-/m0/s1. The first kappa shape index (κ1) is 22.7. The lowest BCUT2D eigenvalue weighted by molar-refractivity contribution is -0.142. The number of carbonyl (C=O) groups is 2. The normalized spacial score (nSPS) is 12.3. The van der Waals surface area contributed by atoms with Crippen LogP contribution in [0.1, 0.15) is 45.0 Å². The molecular formula is C20H26ClN3O5. The summed E-state index contributed by atoms with van der Waals surface area (Å²) in [5.41, 5.74) is 0.355. The van der Waals surface area contributed by atoms with Crippen LogP contribution in [0.4, 0.5) is 4.79 Å². The second-order valence-corrected chi connectivity index (χ2v) is 7.89. The van der Waals surface area contributed by atoms with Crippen molar-refractivity contribution in [3.8, 4) is 0 Å². The van der Waals surface area contributed by atoms with E-state index in [4.69, 9.17) is 25.5 Å². The molecule has 2 rings (SSSR count). The number of ether oxygens (including phenoxy) is 2. The molecule has 2 aromatic rings. The predicted octanol–water partition coefficient (Wildman–Crippen LogP) is 3.51. The summed E-state index contributed by atoms with van der Waals surface area (Å²) in [7, 11) is 0. The molecule has 0 bridgehead atoms. The van der Waals surface area contributed by atoms with Crippen LogP contribution in [0.25, 0.3) is 0 Å². The average molecular weight is 424 g/mol. The Morgan fingerprint density at radius 3 is 2.41 bits per heavy atom. The lowest BCUT2D eigenvalue weighted by atomic mass is 10.0. The number of halogens is 1. The van der Waals surface area contributed by atoms with Crippen LogP contribution < -0.4 is 5.32 Å². The first-order chi connectivity index (χ1) is 13.6. The Labute approximate surface area is 174 Å². The van der Waals surface area contributed by atoms with Gasteiger partial charge in [0.2, 0.25) is 11.8 Å². The van der Waals surface area contributed by atoms with Gasteiger partial charge in [0.05, 0.1) is 6.61 Å². The first-order valence-corrected chi connectivity index (χ1v) is 9.73. The smallest absolute Gasteiger partial charge is 0.407 e. The van der Waals surface area contributed by atoms with Gasteiger partial charge in [-0.15, -0.1) is 10.2 Å². The van der Waals surface area contributed by atoms with E-state index in [1.165, 1.54) is 0 Å². The zero-order valence-corrected chi connectivity index (χ0v) is 17.8. The Kier molecular flexibility index (Phi) is 8.01. The molecule has 29 heavy (non-hydrogen) atoms. The second kappa shape index (κ2) is 10.2. The number of nitrogens with one attached hydrogen (secondary N) is 1. The third-order valence-electron chi connectivity index (χ3n) is 3.65. The van der Waals surface area contributed by atoms with Crippen molar-refractivity contribution in [3.05, 3.63) is 46.6 Å². The summed E-state index contributed by atoms with van der Waals surface area (Å²) in [6, 6.07) is 6.97. The molecule has 1 heterocycles. The molecule has 0 aliphatic heterocycles. The molecule has 0 fully saturated rings. The molecule has 1 aromatic heterocycles. The minimum absolute atomic E-state index is 0.0951. The molecule has 1 atom stereocenters. The van der Waals surface area contributed by atoms with Crippen LogP contribution in [-0.4, -0.2) is 40.5 Å². The molecule has 8 nitrogen and oxygen atoms in total. The summed E-state index contributed by atoms with van der Waals surface area (Å²) in [6.45, 7) is 7.38. The van der Waals surface area contributed by atoms with E-state index in [-0.39, 0.29) is 31.4 Å². The van der Waals surface area contributed by atoms with E-state index in [2.05, 4.69) is 15.5 Å². The largest absolute Gasteiger partial charge is 0.466 e. The molecule has 9 heteroatoms. The van der Waals surface area contributed by atoms with Gasteiger partial charge in [-0.2, -0.15) is 0 Å². The second-order valence-electron chi connectivity index (χ2n) is 7.45. The van der Waals surface area contributed by atoms with Crippen LogP contribution in [0.3, 0.4) is 0 Å². The Hall–Kier alpha value is -2.61. The third-order valence-corrected chi connectivity index (χ3v) is 3.90. The quantitative estimate of drug-likeness (QED) is 0.648. The molecule has 1 amide bonds. The van der Waals surface area contributed by atoms with Crippen LogP contribution in [0.2, 0.25) is 5.02 Å². The highest BCUT2D eigenvalue weighted by atomic mass is 35.5. The number of esters is 1. The molecule has 0 unspecified atom stereocenters. The van der Waals surface area contributed by atoms with Crippen LogP contribution in [0.5, 0.6) is 0 Å². The van der Waals surface area contributed by atoms with Crippen molar-refractivity contribution in [3.63, 3.8) is 0 Å². The van der Waals surface area contributed by atoms with Gasteiger partial charge in [-0.25, -0.2) is 4.79 Å². The minimum atomic E-state index is -0.619. The molecule has 0 spiro atoms. The van der Waals surface area contributed by atoms with E-state index in [1.807, 2.05) is 12.1 Å². The molecule has 0 radical (unpaired) electrons. The molecule has 1 aromatic carbocycles. The number of aromatic nitrogens is 2. The maximum atomic E-state index is 12.2. The van der Waals surface area contributed by atoms with Crippen LogP contribution in [0.15, 0.2) is 28.7 Å². The molecule has 0 saturated carbocycles. The number of hydrogen-bond acceptors (Lipinski definition) is 7. The average Bonchev–Trinajstić information content (AvgIpc) is 3.02. The predicted molar refractivity (Wildman–Crippen MR) is 107 cm³/mol. The highest BCUT2D eigenvalue weighted by molar-refractivity contribution is 6.30. The summed E-state index contributed by atoms with van der Waals surface area (Å²) >= 11 is 5.94. The Morgan fingerprint density at radius 1 is 1.14 bits per heavy atom. The SMILES string of the molecule is CCOC(=O)Cc1nnc(C[C@H](Cc2ccc(Cl)cc2)NC(=O)OC(C)(C)C)o1. The van der Waals surface area contributed by atoms with Crippen molar-refractivity contribution in [2.24, 2.45) is 0 Å². The Morgan fingerprint density at radius 2 is 1.79 bits per heavy atom. The topological polar surface area (TPSA) is 104 Å². The van der Waals surface area contributed by atoms with E-state index in [0.717, 1.165) is 5.56 Å². The van der Waals surface area contributed by atoms with Gasteiger partial charge in [0.1, 0.15) is 12.0 Å². The van der Waals surface area contributed by atoms with Crippen molar-refractivity contribution in [2.75, 3.05) is 6.61 Å². The highest BCUT2D eigenvalue weighted by Gasteiger charge is 2.22. The highest BCUT2D eigenvalue weighted by Crippen LogP contribution is 2.14. The van der Waals surface area contributed by atoms with Crippen LogP contribution in [-0.2, 0) is 33.5 Å². The number of alkyl carbamates (subject to hydrolysis) is 1. The number of rotatable bonds is 8. The van der Waals surface area contributed by atoms with Crippen LogP contribution >= 0.6 is 11.6 Å². The van der Waals surface area contributed by atoms with Crippen molar-refractivity contribution in [2.45, 2.75) is 58.6 Å². The van der Waals surface area contributed by atoms with E-state index in [0.29, 0.717) is 17.3 Å². The zero-order chi connectivity index (χ0) is 21.4. The number of carbonyl (C=O) groups excluding carboxylic acids is 2. The molecule has 0 saturated heterocycles. The molecule has 0 aliphatic rings. The number of benzene rings is 1. The molecule has 0 aliphatic carbocycles. The lowest BCUT2D eigenvalue weighted by Gasteiger charge is -2.23. The Balaban J connectivity index is 2.08. The van der Waals surface area contributed by atoms with Gasteiger partial charge in [0.25, 0.3) is 0 Å². The van der Waals surface area contributed by atoms with E-state index >= 15 is 0 Å². The van der Waals surface area contributed by atoms with Crippen molar-refractivity contribution in [1.82, 2.24) is 15.5 Å². The van der Waals surface area contributed by atoms with E-state index in [1.54, 1.807) is 39.8 Å². The van der Waals surface area contributed by atoms with Crippen molar-refractivity contribution < 1.29 is 23.5 Å².